The molecule has 0 fully saturated rings. The molecule has 0 bridgehead atoms. The standard InChI is InChI=1S/C27H28ClFN2O8/c1-36-8-9-39-27(35)19-7-5-4-6-18(19)24(32)31(15-16-10-17(14-30-13-16)25(33)37-2)23-11-20(26(34)38-3)21(28)12-22(23)29/h10-14H,4-9,15H2,1-3H3. The summed E-state index contributed by atoms with van der Waals surface area (Å²) in [5.74, 6) is -3.70. The number of pyridine rings is 1. The monoisotopic (exact) mass is 562 g/mol. The second kappa shape index (κ2) is 13.8. The van der Waals surface area contributed by atoms with Gasteiger partial charge in [-0.25, -0.2) is 18.8 Å². The summed E-state index contributed by atoms with van der Waals surface area (Å²) in [4.78, 5) is 56.3. The van der Waals surface area contributed by atoms with Gasteiger partial charge in [0.05, 0.1) is 49.2 Å². The number of benzene rings is 1. The van der Waals surface area contributed by atoms with Crippen LogP contribution in [-0.4, -0.2) is 63.3 Å². The van der Waals surface area contributed by atoms with E-state index in [9.17, 15) is 19.2 Å². The van der Waals surface area contributed by atoms with Gasteiger partial charge in [0.1, 0.15) is 12.4 Å². The molecular weight excluding hydrogens is 535 g/mol. The summed E-state index contributed by atoms with van der Waals surface area (Å²) >= 11 is 6.08. The number of nitrogens with zero attached hydrogens (tertiary/aromatic N) is 2. The van der Waals surface area contributed by atoms with E-state index in [1.165, 1.54) is 32.7 Å². The highest BCUT2D eigenvalue weighted by Crippen LogP contribution is 2.33. The zero-order valence-electron chi connectivity index (χ0n) is 21.8. The second-order valence-electron chi connectivity index (χ2n) is 8.53. The van der Waals surface area contributed by atoms with Crippen LogP contribution in [0.5, 0.6) is 0 Å². The maximum Gasteiger partial charge on any atom is 0.339 e. The van der Waals surface area contributed by atoms with Crippen LogP contribution in [0.25, 0.3) is 0 Å². The van der Waals surface area contributed by atoms with E-state index in [0.717, 1.165) is 24.1 Å². The molecule has 0 saturated carbocycles. The predicted molar refractivity (Wildman–Crippen MR) is 138 cm³/mol. The molecule has 1 heterocycles. The molecular formula is C27H28ClFN2O8. The predicted octanol–water partition coefficient (Wildman–Crippen LogP) is 4.04. The zero-order valence-corrected chi connectivity index (χ0v) is 22.5. The minimum atomic E-state index is -0.890. The van der Waals surface area contributed by atoms with Gasteiger partial charge in [0.25, 0.3) is 5.91 Å². The van der Waals surface area contributed by atoms with Gasteiger partial charge < -0.3 is 23.8 Å². The Hall–Kier alpha value is -3.83. The topological polar surface area (TPSA) is 121 Å². The maximum atomic E-state index is 15.4. The number of halogens is 2. The number of carbonyl (C=O) groups excluding carboxylic acids is 4. The summed E-state index contributed by atoms with van der Waals surface area (Å²) in [7, 11) is 3.82. The molecule has 1 aliphatic rings. The Morgan fingerprint density at radius 1 is 0.923 bits per heavy atom. The lowest BCUT2D eigenvalue weighted by atomic mass is 9.90. The molecule has 208 valence electrons. The first-order valence-corrected chi connectivity index (χ1v) is 12.4. The van der Waals surface area contributed by atoms with Crippen molar-refractivity contribution < 1.29 is 42.5 Å². The molecule has 0 unspecified atom stereocenters. The van der Waals surface area contributed by atoms with Gasteiger partial charge in [-0.1, -0.05) is 11.6 Å². The van der Waals surface area contributed by atoms with Crippen LogP contribution >= 0.6 is 11.6 Å². The maximum absolute atomic E-state index is 15.4. The van der Waals surface area contributed by atoms with E-state index in [-0.39, 0.29) is 59.2 Å². The zero-order chi connectivity index (χ0) is 28.5. The number of esters is 3. The Bertz CT molecular complexity index is 1300. The fourth-order valence-corrected chi connectivity index (χ4v) is 4.33. The van der Waals surface area contributed by atoms with Gasteiger partial charge in [-0.15, -0.1) is 0 Å². The Morgan fingerprint density at radius 3 is 2.28 bits per heavy atom. The van der Waals surface area contributed by atoms with Crippen LogP contribution < -0.4 is 4.90 Å². The molecule has 1 aliphatic carbocycles. The largest absolute Gasteiger partial charge is 0.465 e. The average Bonchev–Trinajstić information content (AvgIpc) is 2.95. The van der Waals surface area contributed by atoms with Gasteiger partial charge in [-0.05, 0) is 49.4 Å². The van der Waals surface area contributed by atoms with E-state index >= 15 is 4.39 Å². The van der Waals surface area contributed by atoms with Crippen molar-refractivity contribution in [2.45, 2.75) is 32.2 Å². The van der Waals surface area contributed by atoms with Crippen molar-refractivity contribution in [3.05, 3.63) is 69.3 Å². The van der Waals surface area contributed by atoms with E-state index in [2.05, 4.69) is 4.98 Å². The minimum Gasteiger partial charge on any atom is -0.465 e. The third kappa shape index (κ3) is 7.18. The van der Waals surface area contributed by atoms with Crippen molar-refractivity contribution in [1.29, 1.82) is 0 Å². The van der Waals surface area contributed by atoms with Crippen LogP contribution in [0.1, 0.15) is 52.0 Å². The first-order chi connectivity index (χ1) is 18.7. The molecule has 3 rings (SSSR count). The van der Waals surface area contributed by atoms with E-state index in [1.54, 1.807) is 0 Å². The molecule has 0 aliphatic heterocycles. The summed E-state index contributed by atoms with van der Waals surface area (Å²) < 4.78 is 35.0. The van der Waals surface area contributed by atoms with E-state index in [4.69, 9.17) is 30.5 Å². The number of hydrogen-bond donors (Lipinski definition) is 0. The van der Waals surface area contributed by atoms with Crippen molar-refractivity contribution in [2.24, 2.45) is 0 Å². The molecule has 0 N–H and O–H groups in total. The van der Waals surface area contributed by atoms with Crippen molar-refractivity contribution >= 4 is 41.1 Å². The molecule has 2 aromatic rings. The van der Waals surface area contributed by atoms with Crippen LogP contribution in [0.15, 0.2) is 41.7 Å². The Kier molecular flexibility index (Phi) is 10.5. The fourth-order valence-electron chi connectivity index (χ4n) is 4.10. The van der Waals surface area contributed by atoms with Gasteiger partial charge in [-0.2, -0.15) is 0 Å². The second-order valence-corrected chi connectivity index (χ2v) is 8.94. The van der Waals surface area contributed by atoms with Crippen LogP contribution in [0.3, 0.4) is 0 Å². The van der Waals surface area contributed by atoms with Crippen LogP contribution in [0.2, 0.25) is 5.02 Å². The van der Waals surface area contributed by atoms with Crippen LogP contribution in [-0.2, 0) is 35.1 Å². The summed E-state index contributed by atoms with van der Waals surface area (Å²) in [6.45, 7) is -0.0695. The summed E-state index contributed by atoms with van der Waals surface area (Å²) in [5, 5.41) is -0.204. The Labute approximate surface area is 229 Å². The minimum absolute atomic E-state index is 0.00428. The highest BCUT2D eigenvalue weighted by molar-refractivity contribution is 6.33. The number of methoxy groups -OCH3 is 3. The van der Waals surface area contributed by atoms with E-state index in [1.807, 2.05) is 0 Å². The molecule has 10 nitrogen and oxygen atoms in total. The molecule has 0 radical (unpaired) electrons. The highest BCUT2D eigenvalue weighted by atomic mass is 35.5. The van der Waals surface area contributed by atoms with Crippen LogP contribution in [0.4, 0.5) is 10.1 Å². The number of hydrogen-bond acceptors (Lipinski definition) is 9. The van der Waals surface area contributed by atoms with E-state index < -0.39 is 29.6 Å². The first kappa shape index (κ1) is 29.7. The molecule has 1 aromatic heterocycles. The molecule has 0 saturated heterocycles. The number of aromatic nitrogens is 1. The fraction of sp³-hybridized carbons (Fsp3) is 0.370. The lowest BCUT2D eigenvalue weighted by Gasteiger charge is -2.28. The molecule has 39 heavy (non-hydrogen) atoms. The van der Waals surface area contributed by atoms with Crippen LogP contribution in [0, 0.1) is 5.82 Å². The third-order valence-corrected chi connectivity index (χ3v) is 6.34. The Balaban J connectivity index is 2.13. The summed E-state index contributed by atoms with van der Waals surface area (Å²) in [6, 6.07) is 3.46. The third-order valence-electron chi connectivity index (χ3n) is 6.03. The van der Waals surface area contributed by atoms with Gasteiger partial charge in [0.2, 0.25) is 0 Å². The molecule has 0 atom stereocenters. The van der Waals surface area contributed by atoms with Crippen molar-refractivity contribution in [3.63, 3.8) is 0 Å². The first-order valence-electron chi connectivity index (χ1n) is 12.0. The number of amides is 1. The lowest BCUT2D eigenvalue weighted by Crippen LogP contribution is -2.35. The van der Waals surface area contributed by atoms with E-state index in [0.29, 0.717) is 24.8 Å². The summed E-state index contributed by atoms with van der Waals surface area (Å²) in [6.07, 6.45) is 4.53. The Morgan fingerprint density at radius 2 is 1.62 bits per heavy atom. The quantitative estimate of drug-likeness (QED) is 0.240. The number of rotatable bonds is 10. The molecule has 0 spiro atoms. The lowest BCUT2D eigenvalue weighted by molar-refractivity contribution is -0.140. The van der Waals surface area contributed by atoms with Gasteiger partial charge >= 0.3 is 17.9 Å². The number of ether oxygens (including phenoxy) is 4. The van der Waals surface area contributed by atoms with Gasteiger partial charge in [0, 0.05) is 30.6 Å². The number of carbonyl (C=O) groups is 4. The van der Waals surface area contributed by atoms with Crippen molar-refractivity contribution in [1.82, 2.24) is 4.98 Å². The smallest absolute Gasteiger partial charge is 0.339 e. The highest BCUT2D eigenvalue weighted by Gasteiger charge is 2.31. The van der Waals surface area contributed by atoms with Gasteiger partial charge in [0.15, 0.2) is 0 Å². The average molecular weight is 563 g/mol. The molecule has 1 amide bonds. The van der Waals surface area contributed by atoms with Crippen molar-refractivity contribution in [3.8, 4) is 0 Å². The van der Waals surface area contributed by atoms with Crippen molar-refractivity contribution in [2.75, 3.05) is 39.4 Å². The molecule has 12 heteroatoms. The molecule has 1 aromatic carbocycles. The normalized spacial score (nSPS) is 13.1. The SMILES string of the molecule is COCCOC(=O)C1=C(C(=O)N(Cc2cncc(C(=O)OC)c2)c2cc(C(=O)OC)c(Cl)cc2F)CCCC1. The van der Waals surface area contributed by atoms with Gasteiger partial charge in [-0.3, -0.25) is 9.78 Å². The summed E-state index contributed by atoms with van der Waals surface area (Å²) in [5.41, 5.74) is 0.394. The number of anilines is 1.